The smallest absolute Gasteiger partial charge is 0.254 e. The number of anilines is 1. The van der Waals surface area contributed by atoms with Crippen LogP contribution in [0.1, 0.15) is 41.5 Å². The Morgan fingerprint density at radius 3 is 2.86 bits per heavy atom. The van der Waals surface area contributed by atoms with Crippen LogP contribution in [0.15, 0.2) is 23.1 Å². The molecular formula is C16H18N4O2. The van der Waals surface area contributed by atoms with Gasteiger partial charge in [0.25, 0.3) is 5.56 Å². The number of nitrogens with zero attached hydrogens (tertiary/aromatic N) is 2. The Hall–Kier alpha value is -2.50. The number of rotatable bonds is 4. The van der Waals surface area contributed by atoms with E-state index in [9.17, 15) is 9.59 Å². The molecule has 2 heterocycles. The SMILES string of the molecule is Cc1nc(C)c(CC(=O)Nc2cccnc2C2CC2)c(=O)[nH]1. The highest BCUT2D eigenvalue weighted by molar-refractivity contribution is 5.93. The number of hydrogen-bond donors (Lipinski definition) is 2. The molecule has 0 aromatic carbocycles. The number of carbonyl (C=O) groups excluding carboxylic acids is 1. The highest BCUT2D eigenvalue weighted by atomic mass is 16.2. The summed E-state index contributed by atoms with van der Waals surface area (Å²) in [6.45, 7) is 3.46. The van der Waals surface area contributed by atoms with E-state index in [0.29, 0.717) is 23.0 Å². The average Bonchev–Trinajstić information content (AvgIpc) is 3.28. The van der Waals surface area contributed by atoms with Gasteiger partial charge in [0, 0.05) is 23.4 Å². The number of aryl methyl sites for hydroxylation is 2. The van der Waals surface area contributed by atoms with Gasteiger partial charge in [-0.2, -0.15) is 0 Å². The van der Waals surface area contributed by atoms with E-state index in [1.165, 1.54) is 0 Å². The second-order valence-electron chi connectivity index (χ2n) is 5.65. The summed E-state index contributed by atoms with van der Waals surface area (Å²) in [5.41, 5.74) is 2.41. The van der Waals surface area contributed by atoms with Gasteiger partial charge in [-0.3, -0.25) is 14.6 Å². The number of H-pyrrole nitrogens is 1. The molecule has 1 fully saturated rings. The van der Waals surface area contributed by atoms with Crippen LogP contribution in [-0.4, -0.2) is 20.9 Å². The Balaban J connectivity index is 1.78. The number of aromatic nitrogens is 3. The van der Waals surface area contributed by atoms with E-state index in [-0.39, 0.29) is 17.9 Å². The molecule has 3 rings (SSSR count). The Morgan fingerprint density at radius 1 is 1.41 bits per heavy atom. The third-order valence-electron chi connectivity index (χ3n) is 3.75. The van der Waals surface area contributed by atoms with Crippen molar-refractivity contribution < 1.29 is 4.79 Å². The van der Waals surface area contributed by atoms with Crippen LogP contribution in [0.3, 0.4) is 0 Å². The number of nitrogens with one attached hydrogen (secondary N) is 2. The van der Waals surface area contributed by atoms with Gasteiger partial charge in [0.2, 0.25) is 5.91 Å². The summed E-state index contributed by atoms with van der Waals surface area (Å²) >= 11 is 0. The molecule has 0 aliphatic heterocycles. The quantitative estimate of drug-likeness (QED) is 0.901. The fraction of sp³-hybridized carbons (Fsp3) is 0.375. The first-order valence-electron chi connectivity index (χ1n) is 7.35. The number of amides is 1. The maximum atomic E-state index is 12.2. The molecule has 0 saturated heterocycles. The van der Waals surface area contributed by atoms with E-state index in [1.54, 1.807) is 26.1 Å². The van der Waals surface area contributed by atoms with Crippen LogP contribution in [0.2, 0.25) is 0 Å². The topological polar surface area (TPSA) is 87.7 Å². The minimum atomic E-state index is -0.256. The second-order valence-corrected chi connectivity index (χ2v) is 5.65. The van der Waals surface area contributed by atoms with Gasteiger partial charge < -0.3 is 10.3 Å². The highest BCUT2D eigenvalue weighted by Gasteiger charge is 2.27. The summed E-state index contributed by atoms with van der Waals surface area (Å²) in [5.74, 6) is 0.770. The van der Waals surface area contributed by atoms with Crippen molar-refractivity contribution in [3.8, 4) is 0 Å². The van der Waals surface area contributed by atoms with Crippen LogP contribution in [0.4, 0.5) is 5.69 Å². The highest BCUT2D eigenvalue weighted by Crippen LogP contribution is 2.41. The first-order valence-corrected chi connectivity index (χ1v) is 7.35. The lowest BCUT2D eigenvalue weighted by molar-refractivity contribution is -0.115. The van der Waals surface area contributed by atoms with Gasteiger partial charge in [-0.25, -0.2) is 4.98 Å². The predicted molar refractivity (Wildman–Crippen MR) is 82.9 cm³/mol. The van der Waals surface area contributed by atoms with Crippen LogP contribution in [-0.2, 0) is 11.2 Å². The molecule has 6 nitrogen and oxygen atoms in total. The van der Waals surface area contributed by atoms with Gasteiger partial charge in [0.05, 0.1) is 17.8 Å². The first-order chi connectivity index (χ1) is 10.5. The molecule has 1 aliphatic carbocycles. The lowest BCUT2D eigenvalue weighted by Crippen LogP contribution is -2.24. The van der Waals surface area contributed by atoms with Crippen molar-refractivity contribution in [2.75, 3.05) is 5.32 Å². The van der Waals surface area contributed by atoms with Crippen molar-refractivity contribution in [2.24, 2.45) is 0 Å². The summed E-state index contributed by atoms with van der Waals surface area (Å²) in [5, 5.41) is 2.87. The van der Waals surface area contributed by atoms with Gasteiger partial charge in [0.1, 0.15) is 5.82 Å². The molecule has 2 aromatic heterocycles. The molecule has 0 radical (unpaired) electrons. The molecule has 1 amide bonds. The summed E-state index contributed by atoms with van der Waals surface area (Å²) in [6.07, 6.45) is 3.97. The van der Waals surface area contributed by atoms with Gasteiger partial charge in [0.15, 0.2) is 0 Å². The Bertz CT molecular complexity index is 778. The molecule has 0 bridgehead atoms. The molecule has 1 saturated carbocycles. The molecule has 0 spiro atoms. The summed E-state index contributed by atoms with van der Waals surface area (Å²) in [6, 6.07) is 3.65. The fourth-order valence-corrected chi connectivity index (χ4v) is 2.52. The molecule has 114 valence electrons. The van der Waals surface area contributed by atoms with Gasteiger partial charge in [-0.05, 0) is 38.8 Å². The first kappa shape index (κ1) is 14.4. The van der Waals surface area contributed by atoms with E-state index in [1.807, 2.05) is 6.07 Å². The van der Waals surface area contributed by atoms with Crippen LogP contribution < -0.4 is 10.9 Å². The molecule has 0 unspecified atom stereocenters. The van der Waals surface area contributed by atoms with E-state index in [4.69, 9.17) is 0 Å². The van der Waals surface area contributed by atoms with Crippen molar-refractivity contribution in [2.45, 2.75) is 39.0 Å². The van der Waals surface area contributed by atoms with Crippen molar-refractivity contribution >= 4 is 11.6 Å². The second kappa shape index (κ2) is 5.71. The molecular weight excluding hydrogens is 280 g/mol. The monoisotopic (exact) mass is 298 g/mol. The normalized spacial score (nSPS) is 13.9. The number of carbonyl (C=O) groups is 1. The number of aromatic amines is 1. The number of hydrogen-bond acceptors (Lipinski definition) is 4. The minimum absolute atomic E-state index is 0.00739. The number of pyridine rings is 1. The van der Waals surface area contributed by atoms with Crippen molar-refractivity contribution in [3.05, 3.63) is 51.5 Å². The largest absolute Gasteiger partial charge is 0.324 e. The Labute approximate surface area is 128 Å². The van der Waals surface area contributed by atoms with Gasteiger partial charge in [-0.15, -0.1) is 0 Å². The third-order valence-corrected chi connectivity index (χ3v) is 3.75. The molecule has 2 N–H and O–H groups in total. The molecule has 2 aromatic rings. The van der Waals surface area contributed by atoms with Crippen molar-refractivity contribution in [1.29, 1.82) is 0 Å². The standard InChI is InChI=1S/C16H18N4O2/c1-9-12(16(22)19-10(2)18-9)8-14(21)20-13-4-3-7-17-15(13)11-5-6-11/h3-4,7,11H,5-6,8H2,1-2H3,(H,20,21)(H,18,19,22). The predicted octanol–water partition coefficient (Wildman–Crippen LogP) is 1.84. The van der Waals surface area contributed by atoms with E-state index >= 15 is 0 Å². The van der Waals surface area contributed by atoms with Crippen LogP contribution >= 0.6 is 0 Å². The van der Waals surface area contributed by atoms with E-state index in [0.717, 1.165) is 24.2 Å². The Morgan fingerprint density at radius 2 is 2.18 bits per heavy atom. The molecule has 0 atom stereocenters. The zero-order valence-corrected chi connectivity index (χ0v) is 12.6. The Kier molecular flexibility index (Phi) is 3.75. The van der Waals surface area contributed by atoms with E-state index in [2.05, 4.69) is 20.3 Å². The summed E-state index contributed by atoms with van der Waals surface area (Å²) in [4.78, 5) is 35.4. The van der Waals surface area contributed by atoms with Crippen LogP contribution in [0.5, 0.6) is 0 Å². The maximum absolute atomic E-state index is 12.2. The van der Waals surface area contributed by atoms with Gasteiger partial charge >= 0.3 is 0 Å². The lowest BCUT2D eigenvalue weighted by atomic mass is 10.1. The zero-order chi connectivity index (χ0) is 15.7. The lowest BCUT2D eigenvalue weighted by Gasteiger charge is -2.10. The maximum Gasteiger partial charge on any atom is 0.254 e. The third kappa shape index (κ3) is 3.05. The molecule has 22 heavy (non-hydrogen) atoms. The minimum Gasteiger partial charge on any atom is -0.324 e. The van der Waals surface area contributed by atoms with Crippen LogP contribution in [0.25, 0.3) is 0 Å². The molecule has 1 aliphatic rings. The van der Waals surface area contributed by atoms with Crippen molar-refractivity contribution in [3.63, 3.8) is 0 Å². The van der Waals surface area contributed by atoms with E-state index < -0.39 is 0 Å². The van der Waals surface area contributed by atoms with Gasteiger partial charge in [-0.1, -0.05) is 0 Å². The average molecular weight is 298 g/mol. The fourth-order valence-electron chi connectivity index (χ4n) is 2.52. The summed E-state index contributed by atoms with van der Waals surface area (Å²) in [7, 11) is 0. The molecule has 6 heteroatoms. The zero-order valence-electron chi connectivity index (χ0n) is 12.6. The summed E-state index contributed by atoms with van der Waals surface area (Å²) < 4.78 is 0. The van der Waals surface area contributed by atoms with Crippen LogP contribution in [0, 0.1) is 13.8 Å². The van der Waals surface area contributed by atoms with Crippen molar-refractivity contribution in [1.82, 2.24) is 15.0 Å².